The number of hydrogen-bond acceptors (Lipinski definition) is 34. The fraction of sp³-hybridized carbons (Fsp3) is 0.397. The van der Waals surface area contributed by atoms with Crippen molar-refractivity contribution in [2.45, 2.75) is 95.6 Å². The van der Waals surface area contributed by atoms with E-state index in [1.54, 1.807) is 19.1 Å². The van der Waals surface area contributed by atoms with Crippen molar-refractivity contribution in [3.63, 3.8) is 0 Å². The van der Waals surface area contributed by atoms with Crippen LogP contribution in [0.1, 0.15) is 68.6 Å². The van der Waals surface area contributed by atoms with Crippen LogP contribution in [-0.2, 0) is 9.59 Å². The average Bonchev–Trinajstić information content (AvgIpc) is 0.845. The van der Waals surface area contributed by atoms with Gasteiger partial charge in [-0.2, -0.15) is 103 Å². The summed E-state index contributed by atoms with van der Waals surface area (Å²) in [5.74, 6) is -3.06. The van der Waals surface area contributed by atoms with E-state index in [2.05, 4.69) is 69.2 Å². The Morgan fingerprint density at radius 1 is 0.500 bits per heavy atom. The minimum atomic E-state index is -1.50. The van der Waals surface area contributed by atoms with Gasteiger partial charge in [0.1, 0.15) is 17.4 Å². The maximum atomic E-state index is 11.2. The largest absolute Gasteiger partial charge is 1.00 e. The molecule has 0 saturated heterocycles. The third-order valence-electron chi connectivity index (χ3n) is 12.7. The number of aliphatic hydroxyl groups is 7. The first-order valence-corrected chi connectivity index (χ1v) is 35.3. The van der Waals surface area contributed by atoms with Crippen molar-refractivity contribution in [2.75, 3.05) is 51.8 Å². The number of ether oxygens (including phenoxy) is 1. The molecule has 0 aromatic heterocycles. The molecule has 0 amide bonds. The van der Waals surface area contributed by atoms with Gasteiger partial charge in [-0.05, 0) is 53.0 Å². The van der Waals surface area contributed by atoms with Crippen LogP contribution in [0.2, 0.25) is 0 Å². The predicted molar refractivity (Wildman–Crippen MR) is 382 cm³/mol. The van der Waals surface area contributed by atoms with E-state index in [1.807, 2.05) is 13.8 Å². The third kappa shape index (κ3) is 37.7. The maximum Gasteiger partial charge on any atom is 1.00 e. The van der Waals surface area contributed by atoms with Gasteiger partial charge >= 0.3 is 127 Å². The molecule has 10 unspecified atom stereocenters. The van der Waals surface area contributed by atoms with Gasteiger partial charge in [0.05, 0.1) is 89.3 Å². The van der Waals surface area contributed by atoms with Crippen molar-refractivity contribution in [1.82, 2.24) is 0 Å². The van der Waals surface area contributed by atoms with Gasteiger partial charge in [0.15, 0.2) is 5.69 Å². The number of thiol groups is 5. The molecule has 550 valence electrons. The second kappa shape index (κ2) is 55.7. The van der Waals surface area contributed by atoms with Crippen LogP contribution in [0.5, 0.6) is 5.75 Å². The number of nitrogens with zero attached hydrogens (tertiary/aromatic N) is 5. The van der Waals surface area contributed by atoms with Crippen LogP contribution >= 0.6 is 110 Å². The summed E-state index contributed by atoms with van der Waals surface area (Å²) in [5, 5.41) is 158. The number of carboxylic acids is 4. The molecular weight excluding hydrogens is 1580 g/mol. The Morgan fingerprint density at radius 3 is 1.40 bits per heavy atom. The molecule has 0 spiro atoms. The third-order valence-corrected chi connectivity index (χ3v) is 19.6. The minimum absolute atomic E-state index is 0. The van der Waals surface area contributed by atoms with Gasteiger partial charge in [-0.25, -0.2) is 14.4 Å². The number of non-ortho nitro benzene ring substituents is 2. The minimum Gasteiger partial charge on any atom is -0.545 e. The van der Waals surface area contributed by atoms with E-state index in [9.17, 15) is 111 Å². The molecule has 0 heterocycles. The van der Waals surface area contributed by atoms with Crippen LogP contribution in [-0.4, -0.2) is 206 Å². The van der Waals surface area contributed by atoms with Crippen molar-refractivity contribution in [2.24, 2.45) is 11.8 Å². The Bertz CT molecular complexity index is 3410. The molecule has 0 aliphatic carbocycles. The van der Waals surface area contributed by atoms with Gasteiger partial charge in [0.25, 0.3) is 22.7 Å². The summed E-state index contributed by atoms with van der Waals surface area (Å²) >= 11 is 24.1. The van der Waals surface area contributed by atoms with Crippen molar-refractivity contribution >= 4 is 169 Å². The summed E-state index contributed by atoms with van der Waals surface area (Å²) in [4.78, 5) is 112. The standard InChI is InChI=1S/C12H15NO6S.C12H15NO5S2.2C11H13NO6S2.C11H14NO3S2.CO2.2K/c1-2-9(14)10(15)6-20-11-4-3-7(13(18)19)5-8(11)12(16)17;1-7(5-19)11(6-20)18-10-3-2-8(13(16)17)4-9(10)12(14)15;13-8(4-19)9(14)5-20-10-2-1-6(11(15)16)3-7(10)12(17)18;13-8(4-19)9(14)5-20-10-6(11(15)16)2-1-3-7(10)12(17)18;1-8(10(13)6-16)7-17-11-5-3-2-4-9(11)12(14)15;2-1-3;;/h3-5,9-10,14-15H,2,6H2,1H3,(H,16,17);2-4,7,11,19-20H,5-6H2,1H3,(H,14,15);2*1-3,8-9,13-14,19H,4-5H2,(H,15,16);2-3,5,8,10,13,16H,6-7H2,1H3;;;/q;;;;-1;;2*+1/p-1. The molecule has 10 N–H and O–H groups in total. The van der Waals surface area contributed by atoms with Crippen LogP contribution < -0.4 is 113 Å². The quantitative estimate of drug-likeness (QED) is 0.00671. The number of nitro groups is 5. The van der Waals surface area contributed by atoms with Gasteiger partial charge in [-0.1, -0.05) is 39.0 Å². The van der Waals surface area contributed by atoms with E-state index in [-0.39, 0.29) is 222 Å². The zero-order chi connectivity index (χ0) is 76.7. The number of thioether (sulfide) groups is 4. The van der Waals surface area contributed by atoms with Gasteiger partial charge in [-0.15, -0.1) is 35.3 Å². The summed E-state index contributed by atoms with van der Waals surface area (Å²) in [6, 6.07) is 21.6. The van der Waals surface area contributed by atoms with Crippen LogP contribution in [0, 0.1) is 68.5 Å². The molecule has 0 bridgehead atoms. The van der Waals surface area contributed by atoms with Crippen LogP contribution in [0.3, 0.4) is 0 Å². The van der Waals surface area contributed by atoms with E-state index in [4.69, 9.17) is 29.6 Å². The Labute approximate surface area is 711 Å². The van der Waals surface area contributed by atoms with Crippen molar-refractivity contribution in [3.8, 4) is 5.75 Å². The van der Waals surface area contributed by atoms with Crippen LogP contribution in [0.25, 0.3) is 0 Å². The first-order valence-electron chi connectivity index (χ1n) is 28.2. The Kier molecular flexibility index (Phi) is 55.9. The number of rotatable bonds is 34. The Hall–Kier alpha value is -3.70. The number of benzene rings is 5. The van der Waals surface area contributed by atoms with Crippen LogP contribution in [0.15, 0.2) is 111 Å². The molecule has 5 rings (SSSR count). The smallest absolute Gasteiger partial charge is 0.545 e. The number of nitro benzene ring substituents is 5. The monoisotopic (exact) mass is 1650 g/mol. The fourth-order valence-electron chi connectivity index (χ4n) is 6.89. The molecule has 0 aliphatic rings. The molecule has 44 heteroatoms. The summed E-state index contributed by atoms with van der Waals surface area (Å²) in [6.07, 6.45) is -6.40. The number of carbonyl (C=O) groups excluding carboxylic acids is 3. The maximum absolute atomic E-state index is 11.2. The number of aromatic carboxylic acids is 4. The first-order chi connectivity index (χ1) is 47.0. The van der Waals surface area contributed by atoms with E-state index in [0.717, 1.165) is 53.5 Å². The fourth-order valence-corrected chi connectivity index (χ4v) is 12.7. The summed E-state index contributed by atoms with van der Waals surface area (Å²) < 4.78 is 5.61. The molecule has 0 radical (unpaired) electrons. The van der Waals surface area contributed by atoms with E-state index in [0.29, 0.717) is 39.2 Å². The second-order valence-corrected chi connectivity index (χ2v) is 25.8. The average molecular weight is 1650 g/mol. The summed E-state index contributed by atoms with van der Waals surface area (Å²) in [7, 11) is 0. The van der Waals surface area contributed by atoms with Gasteiger partial charge in [0, 0.05) is 98.0 Å². The summed E-state index contributed by atoms with van der Waals surface area (Å²) in [6.45, 7) is 5.51. The number of para-hydroxylation sites is 1. The van der Waals surface area contributed by atoms with Crippen LogP contribution in [0.4, 0.5) is 28.4 Å². The number of aliphatic hydroxyl groups excluding tert-OH is 7. The molecule has 5 aromatic rings. The second-order valence-electron chi connectivity index (χ2n) is 19.8. The van der Waals surface area contributed by atoms with Gasteiger partial charge < -0.3 is 65.7 Å². The zero-order valence-electron chi connectivity index (χ0n) is 54.4. The molecule has 5 aromatic carbocycles. The number of carbonyl (C=O) groups is 4. The molecule has 0 saturated carbocycles. The molecular formula is C58H69K2N5O28S9. The van der Waals surface area contributed by atoms with Crippen molar-refractivity contribution in [3.05, 3.63) is 170 Å². The molecule has 0 fully saturated rings. The zero-order valence-corrected chi connectivity index (χ0v) is 68.4. The topological polar surface area (TPSA) is 553 Å². The van der Waals surface area contributed by atoms with Crippen molar-refractivity contribution in [1.29, 1.82) is 0 Å². The molecule has 102 heavy (non-hydrogen) atoms. The predicted octanol–water partition coefficient (Wildman–Crippen LogP) is 0.630. The van der Waals surface area contributed by atoms with E-state index in [1.165, 1.54) is 72.4 Å². The van der Waals surface area contributed by atoms with Gasteiger partial charge in [0.2, 0.25) is 0 Å². The Morgan fingerprint density at radius 2 is 0.961 bits per heavy atom. The SMILES string of the molecule is CC(CS)C(CS)Oc1ccc([N+](=O)[O-])cc1C(=O)O.CC(CSc1ccc[c-]c1[N+](=O)[O-])C(O)CS.CCC(O)C(O)CSc1ccc([N+](=O)[O-])cc1C(=O)O.O=C(O)c1cccc([N+](=O)[O-])c1SCC(O)C(O)CS.O=C([O-])c1ccc(SCC(O)C(O)CS)c([N+](=O)[O-])c1.O=C=O.[K+].[K+]. The first kappa shape index (κ1) is 102. The number of hydrogen-bond donors (Lipinski definition) is 15. The van der Waals surface area contributed by atoms with E-state index < -0.39 is 91.2 Å². The van der Waals surface area contributed by atoms with Crippen molar-refractivity contribution < 1.29 is 217 Å². The molecule has 33 nitrogen and oxygen atoms in total. The van der Waals surface area contributed by atoms with E-state index >= 15 is 0 Å². The molecule has 10 atom stereocenters. The Balaban J connectivity index is -0.00000118. The summed E-state index contributed by atoms with van der Waals surface area (Å²) in [5.41, 5.74) is -2.27. The number of carboxylic acid groups (broad SMARTS) is 4. The normalized spacial score (nSPS) is 13.2. The van der Waals surface area contributed by atoms with Gasteiger partial charge in [-0.3, -0.25) is 50.6 Å². The molecule has 0 aliphatic heterocycles.